The molecule has 0 unspecified atom stereocenters. The van der Waals surface area contributed by atoms with Crippen LogP contribution in [0.15, 0.2) is 0 Å². The first kappa shape index (κ1) is 273. The molecule has 49 valence electrons. The summed E-state index contributed by atoms with van der Waals surface area (Å²) in [7, 11) is 0. The summed E-state index contributed by atoms with van der Waals surface area (Å²) in [5, 5.41) is 0. The van der Waals surface area contributed by atoms with Crippen molar-refractivity contribution >= 4 is 17.4 Å². The SMILES string of the molecule is [Al+3].[Cr+3].[Fe+2].[O-2].[O-2].[O-2].[O-2].[O-2].[Zn+2]. The van der Waals surface area contributed by atoms with Crippen molar-refractivity contribution in [2.24, 2.45) is 0 Å². The van der Waals surface area contributed by atoms with E-state index in [0.29, 0.717) is 0 Å². The summed E-state index contributed by atoms with van der Waals surface area (Å²) in [6.45, 7) is 0. The van der Waals surface area contributed by atoms with Crippen LogP contribution in [0.4, 0.5) is 0 Å². The third-order valence-electron chi connectivity index (χ3n) is 0. The molecule has 1 radical (unpaired) electrons. The molecule has 0 aromatic heterocycles. The Morgan fingerprint density at radius 1 is 0.556 bits per heavy atom. The van der Waals surface area contributed by atoms with E-state index in [1.807, 2.05) is 0 Å². The van der Waals surface area contributed by atoms with Crippen molar-refractivity contribution in [3.63, 3.8) is 0 Å². The van der Waals surface area contributed by atoms with Gasteiger partial charge in [0.25, 0.3) is 0 Å². The van der Waals surface area contributed by atoms with Gasteiger partial charge in [-0.15, -0.1) is 0 Å². The van der Waals surface area contributed by atoms with Crippen LogP contribution in [0, 0.1) is 0 Å². The number of rotatable bonds is 0. The fourth-order valence-electron chi connectivity index (χ4n) is 0. The van der Waals surface area contributed by atoms with Gasteiger partial charge in [0, 0.05) is 0 Å². The molecule has 0 aromatic carbocycles. The second-order valence-corrected chi connectivity index (χ2v) is 0. The van der Waals surface area contributed by atoms with Crippen molar-refractivity contribution in [1.82, 2.24) is 0 Å². The molecule has 9 heavy (non-hydrogen) atoms. The Bertz CT molecular complexity index is 16.9. The van der Waals surface area contributed by atoms with Crippen LogP contribution in [0.1, 0.15) is 0 Å². The molecule has 0 saturated carbocycles. The van der Waals surface area contributed by atoms with Gasteiger partial charge < -0.3 is 27.4 Å². The zero-order chi connectivity index (χ0) is 0. The second kappa shape index (κ2) is 201. The van der Waals surface area contributed by atoms with Crippen LogP contribution >= 0.6 is 0 Å². The smallest absolute Gasteiger partial charge is 2.00 e. The van der Waals surface area contributed by atoms with E-state index in [1.165, 1.54) is 0 Å². The van der Waals surface area contributed by atoms with Crippen LogP contribution < -0.4 is 0 Å². The molecule has 0 fully saturated rings. The van der Waals surface area contributed by atoms with Crippen molar-refractivity contribution < 1.29 is 81.3 Å². The Labute approximate surface area is 98.0 Å². The maximum absolute atomic E-state index is 0. The molecule has 0 aliphatic rings. The molecule has 0 amide bonds. The summed E-state index contributed by atoms with van der Waals surface area (Å²) < 4.78 is 0. The van der Waals surface area contributed by atoms with Gasteiger partial charge in [-0.3, -0.25) is 0 Å². The fraction of sp³-hybridized carbons (Fsp3) is 0. The fourth-order valence-corrected chi connectivity index (χ4v) is 0. The minimum atomic E-state index is 0. The zero-order valence-corrected chi connectivity index (χ0v) is 10.6. The second-order valence-electron chi connectivity index (χ2n) is 0. The molecule has 5 nitrogen and oxygen atoms in total. The Balaban J connectivity index is 0. The first-order valence-electron chi connectivity index (χ1n) is 0. The van der Waals surface area contributed by atoms with E-state index in [2.05, 4.69) is 0 Å². The van der Waals surface area contributed by atoms with Crippen molar-refractivity contribution in [2.75, 3.05) is 0 Å². The van der Waals surface area contributed by atoms with E-state index in [1.54, 1.807) is 0 Å². The monoisotopic (exact) mass is 279 g/mol. The van der Waals surface area contributed by atoms with Gasteiger partial charge in [0.05, 0.1) is 0 Å². The van der Waals surface area contributed by atoms with Crippen molar-refractivity contribution in [3.8, 4) is 0 Å². The Hall–Kier alpha value is 2.01. The molecule has 0 aromatic rings. The Morgan fingerprint density at radius 3 is 0.556 bits per heavy atom. The van der Waals surface area contributed by atoms with Crippen LogP contribution in [0.3, 0.4) is 0 Å². The summed E-state index contributed by atoms with van der Waals surface area (Å²) in [4.78, 5) is 0. The van der Waals surface area contributed by atoms with Gasteiger partial charge in [-0.05, 0) is 0 Å². The topological polar surface area (TPSA) is 142 Å². The molecule has 0 rings (SSSR count). The van der Waals surface area contributed by atoms with Gasteiger partial charge in [0.1, 0.15) is 0 Å². The average molecular weight is 280 g/mol. The summed E-state index contributed by atoms with van der Waals surface area (Å²) in [6.07, 6.45) is 0. The molecule has 0 N–H and O–H groups in total. The molecule has 9 heteroatoms. The summed E-state index contributed by atoms with van der Waals surface area (Å²) in [6, 6.07) is 0. The van der Waals surface area contributed by atoms with Gasteiger partial charge in [-0.1, -0.05) is 0 Å². The van der Waals surface area contributed by atoms with Gasteiger partial charge in [-0.25, -0.2) is 0 Å². The van der Waals surface area contributed by atoms with E-state index in [4.69, 9.17) is 0 Å². The van der Waals surface area contributed by atoms with Crippen molar-refractivity contribution in [3.05, 3.63) is 0 Å². The largest absolute Gasteiger partial charge is 3.00 e. The average Bonchev–Trinajstić information content (AvgIpc) is 0. The first-order valence-corrected chi connectivity index (χ1v) is 0. The maximum atomic E-state index is 0. The molecule has 0 aliphatic heterocycles. The van der Waals surface area contributed by atoms with Gasteiger partial charge in [0.2, 0.25) is 0 Å². The Kier molecular flexibility index (Phi) is 6120. The normalized spacial score (nSPS) is 0. The zero-order valence-electron chi connectivity index (χ0n) is 4.09. The molecular weight excluding hydrogens is 280 g/mol. The summed E-state index contributed by atoms with van der Waals surface area (Å²) in [5.41, 5.74) is 0. The Morgan fingerprint density at radius 2 is 0.556 bits per heavy atom. The quantitative estimate of drug-likeness (QED) is 0.502. The maximum Gasteiger partial charge on any atom is 3.00 e. The third kappa shape index (κ3) is 159. The number of hydrogen-bond acceptors (Lipinski definition) is 0. The molecule has 0 spiro atoms. The van der Waals surface area contributed by atoms with E-state index in [-0.39, 0.29) is 98.6 Å². The third-order valence-corrected chi connectivity index (χ3v) is 0. The molecule has 0 aliphatic carbocycles. The predicted octanol–water partition coefficient (Wildman–Crippen LogP) is -0.982. The van der Waals surface area contributed by atoms with E-state index >= 15 is 0 Å². The minimum Gasteiger partial charge on any atom is -2.00 e. The van der Waals surface area contributed by atoms with Crippen LogP contribution in [0.5, 0.6) is 0 Å². The van der Waals surface area contributed by atoms with Crippen LogP contribution in [-0.2, 0) is 81.3 Å². The first-order chi connectivity index (χ1) is 0. The van der Waals surface area contributed by atoms with Crippen LogP contribution in [0.25, 0.3) is 0 Å². The molecule has 0 saturated heterocycles. The van der Waals surface area contributed by atoms with Crippen LogP contribution in [0.2, 0.25) is 0 Å². The standard InChI is InChI=1S/Al.Cr.Fe.5O.Zn/q2*+3;+2;5*-2;+2. The summed E-state index contributed by atoms with van der Waals surface area (Å²) in [5.74, 6) is 0. The van der Waals surface area contributed by atoms with E-state index < -0.39 is 0 Å². The van der Waals surface area contributed by atoms with Crippen molar-refractivity contribution in [1.29, 1.82) is 0 Å². The molecule has 0 atom stereocenters. The van der Waals surface area contributed by atoms with E-state index in [0.717, 1.165) is 0 Å². The van der Waals surface area contributed by atoms with Crippen LogP contribution in [-0.4, -0.2) is 17.4 Å². The van der Waals surface area contributed by atoms with Gasteiger partial charge in [-0.2, -0.15) is 0 Å². The number of hydrogen-bond donors (Lipinski definition) is 0. The van der Waals surface area contributed by atoms with Gasteiger partial charge in [0.15, 0.2) is 0 Å². The van der Waals surface area contributed by atoms with E-state index in [9.17, 15) is 0 Å². The molecular formula is AlCrFeO5Zn. The molecule has 0 bridgehead atoms. The van der Waals surface area contributed by atoms with Crippen molar-refractivity contribution in [2.45, 2.75) is 0 Å². The van der Waals surface area contributed by atoms with Gasteiger partial charge >= 0.3 is 71.3 Å². The minimum absolute atomic E-state index is 0. The summed E-state index contributed by atoms with van der Waals surface area (Å²) >= 11 is 0. The molecule has 0 heterocycles. The predicted molar refractivity (Wildman–Crippen MR) is 9.19 cm³/mol.